The normalized spacial score (nSPS) is 14.5. The summed E-state index contributed by atoms with van der Waals surface area (Å²) in [6, 6.07) is 16.3. The Morgan fingerprint density at radius 2 is 1.64 bits per heavy atom. The molecule has 28 heavy (non-hydrogen) atoms. The average Bonchev–Trinajstić information content (AvgIpc) is 2.77. The van der Waals surface area contributed by atoms with E-state index in [2.05, 4.69) is 10.5 Å². The van der Waals surface area contributed by atoms with Gasteiger partial charge < -0.3 is 9.64 Å². The Labute approximate surface area is 165 Å². The molecular weight excluding hydrogens is 354 g/mol. The summed E-state index contributed by atoms with van der Waals surface area (Å²) >= 11 is 0. The third-order valence-electron chi connectivity index (χ3n) is 4.70. The number of likely N-dealkylation sites (tertiary alicyclic amines) is 1. The highest BCUT2D eigenvalue weighted by molar-refractivity contribution is 6.00. The number of hydrogen-bond donors (Lipinski definition) is 1. The quantitative estimate of drug-likeness (QED) is 0.619. The molecule has 6 heteroatoms. The van der Waals surface area contributed by atoms with Crippen LogP contribution in [0.1, 0.15) is 42.1 Å². The van der Waals surface area contributed by atoms with Gasteiger partial charge in [-0.25, -0.2) is 5.43 Å². The molecule has 1 aliphatic rings. The minimum Gasteiger partial charge on any atom is -0.484 e. The molecular formula is C22H25N3O3. The highest BCUT2D eigenvalue weighted by Crippen LogP contribution is 2.14. The van der Waals surface area contributed by atoms with Gasteiger partial charge >= 0.3 is 0 Å². The smallest absolute Gasteiger partial charge is 0.271 e. The first-order valence-corrected chi connectivity index (χ1v) is 9.54. The van der Waals surface area contributed by atoms with E-state index in [1.165, 1.54) is 6.42 Å². The lowest BCUT2D eigenvalue weighted by molar-refractivity contribution is -0.134. The van der Waals surface area contributed by atoms with Crippen molar-refractivity contribution < 1.29 is 14.3 Å². The maximum absolute atomic E-state index is 12.2. The van der Waals surface area contributed by atoms with Crippen LogP contribution < -0.4 is 10.2 Å². The third kappa shape index (κ3) is 5.42. The average molecular weight is 379 g/mol. The van der Waals surface area contributed by atoms with Crippen molar-refractivity contribution in [2.45, 2.75) is 26.2 Å². The van der Waals surface area contributed by atoms with Crippen LogP contribution in [0.25, 0.3) is 0 Å². The summed E-state index contributed by atoms with van der Waals surface area (Å²) < 4.78 is 5.61. The lowest BCUT2D eigenvalue weighted by atomic mass is 10.1. The van der Waals surface area contributed by atoms with Crippen LogP contribution in [0.4, 0.5) is 0 Å². The van der Waals surface area contributed by atoms with E-state index in [1.807, 2.05) is 30.0 Å². The summed E-state index contributed by atoms with van der Waals surface area (Å²) in [6.07, 6.45) is 3.33. The molecule has 3 rings (SSSR count). The van der Waals surface area contributed by atoms with E-state index >= 15 is 0 Å². The van der Waals surface area contributed by atoms with Crippen LogP contribution in [0.2, 0.25) is 0 Å². The Morgan fingerprint density at radius 3 is 2.32 bits per heavy atom. The van der Waals surface area contributed by atoms with Gasteiger partial charge in [0.2, 0.25) is 0 Å². The van der Waals surface area contributed by atoms with Crippen LogP contribution in [-0.4, -0.2) is 42.1 Å². The van der Waals surface area contributed by atoms with Crippen molar-refractivity contribution in [2.75, 3.05) is 19.7 Å². The molecule has 1 saturated heterocycles. The molecule has 0 unspecified atom stereocenters. The van der Waals surface area contributed by atoms with Gasteiger partial charge in [-0.15, -0.1) is 0 Å². The third-order valence-corrected chi connectivity index (χ3v) is 4.70. The van der Waals surface area contributed by atoms with Gasteiger partial charge in [-0.3, -0.25) is 9.59 Å². The predicted molar refractivity (Wildman–Crippen MR) is 108 cm³/mol. The van der Waals surface area contributed by atoms with E-state index in [0.717, 1.165) is 31.5 Å². The number of ether oxygens (including phenoxy) is 1. The van der Waals surface area contributed by atoms with Crippen LogP contribution >= 0.6 is 0 Å². The second-order valence-electron chi connectivity index (χ2n) is 6.76. The van der Waals surface area contributed by atoms with Crippen LogP contribution in [-0.2, 0) is 4.79 Å². The maximum Gasteiger partial charge on any atom is 0.271 e. The fraction of sp³-hybridized carbons (Fsp3) is 0.318. The van der Waals surface area contributed by atoms with Crippen molar-refractivity contribution >= 4 is 17.5 Å². The number of benzene rings is 2. The molecule has 1 N–H and O–H groups in total. The summed E-state index contributed by atoms with van der Waals surface area (Å²) in [4.78, 5) is 26.1. The Balaban J connectivity index is 1.51. The van der Waals surface area contributed by atoms with E-state index in [9.17, 15) is 9.59 Å². The lowest BCUT2D eigenvalue weighted by Gasteiger charge is -2.26. The summed E-state index contributed by atoms with van der Waals surface area (Å²) in [5, 5.41) is 4.15. The second kappa shape index (κ2) is 9.69. The largest absolute Gasteiger partial charge is 0.484 e. The van der Waals surface area contributed by atoms with Crippen LogP contribution in [0.15, 0.2) is 59.7 Å². The monoisotopic (exact) mass is 379 g/mol. The molecule has 0 atom stereocenters. The molecule has 2 aromatic carbocycles. The highest BCUT2D eigenvalue weighted by Gasteiger charge is 2.16. The summed E-state index contributed by atoms with van der Waals surface area (Å²) in [5.74, 6) is 0.413. The van der Waals surface area contributed by atoms with Crippen molar-refractivity contribution in [3.05, 3.63) is 65.7 Å². The molecule has 0 spiro atoms. The van der Waals surface area contributed by atoms with Gasteiger partial charge in [-0.1, -0.05) is 18.2 Å². The molecule has 0 radical (unpaired) electrons. The van der Waals surface area contributed by atoms with Gasteiger partial charge in [-0.2, -0.15) is 5.10 Å². The number of carbonyl (C=O) groups excluding carboxylic acids is 2. The molecule has 6 nitrogen and oxygen atoms in total. The number of carbonyl (C=O) groups is 2. The highest BCUT2D eigenvalue weighted by atomic mass is 16.5. The van der Waals surface area contributed by atoms with Crippen LogP contribution in [0, 0.1) is 0 Å². The molecule has 2 amide bonds. The Kier molecular flexibility index (Phi) is 6.78. The van der Waals surface area contributed by atoms with Gasteiger partial charge in [0.25, 0.3) is 11.8 Å². The molecule has 0 aromatic heterocycles. The summed E-state index contributed by atoms with van der Waals surface area (Å²) in [6.45, 7) is 3.53. The number of amides is 2. The van der Waals surface area contributed by atoms with Crippen molar-refractivity contribution in [2.24, 2.45) is 5.10 Å². The Morgan fingerprint density at radius 1 is 0.964 bits per heavy atom. The number of hydrogen-bond acceptors (Lipinski definition) is 4. The van der Waals surface area contributed by atoms with Crippen molar-refractivity contribution in [1.29, 1.82) is 0 Å². The zero-order valence-electron chi connectivity index (χ0n) is 16.1. The fourth-order valence-electron chi connectivity index (χ4n) is 3.03. The SMILES string of the molecule is C/C(=N/NC(=O)c1ccccc1)c1ccc(OCC(=O)N2CCCCC2)cc1. The standard InChI is InChI=1S/C22H25N3O3/c1-17(23-24-22(27)19-8-4-2-5-9-19)18-10-12-20(13-11-18)28-16-21(26)25-14-6-3-7-15-25/h2,4-5,8-13H,3,6-7,14-16H2,1H3,(H,24,27)/b23-17-. The van der Waals surface area contributed by atoms with E-state index in [4.69, 9.17) is 4.74 Å². The second-order valence-corrected chi connectivity index (χ2v) is 6.76. The zero-order chi connectivity index (χ0) is 19.8. The minimum atomic E-state index is -0.254. The zero-order valence-corrected chi connectivity index (χ0v) is 16.1. The van der Waals surface area contributed by atoms with Gasteiger partial charge in [0, 0.05) is 18.7 Å². The molecule has 146 valence electrons. The molecule has 0 saturated carbocycles. The van der Waals surface area contributed by atoms with E-state index in [0.29, 0.717) is 17.0 Å². The lowest BCUT2D eigenvalue weighted by Crippen LogP contribution is -2.38. The van der Waals surface area contributed by atoms with Crippen molar-refractivity contribution in [1.82, 2.24) is 10.3 Å². The molecule has 1 aliphatic heterocycles. The number of hydrazone groups is 1. The first kappa shape index (κ1) is 19.6. The molecule has 1 heterocycles. The first-order chi connectivity index (χ1) is 13.6. The van der Waals surface area contributed by atoms with E-state index in [-0.39, 0.29) is 18.4 Å². The molecule has 0 aliphatic carbocycles. The van der Waals surface area contributed by atoms with Gasteiger partial charge in [0.15, 0.2) is 6.61 Å². The minimum absolute atomic E-state index is 0.0325. The van der Waals surface area contributed by atoms with Crippen molar-refractivity contribution in [3.63, 3.8) is 0 Å². The van der Waals surface area contributed by atoms with Gasteiger partial charge in [0.1, 0.15) is 5.75 Å². The summed E-state index contributed by atoms with van der Waals surface area (Å²) in [5.41, 5.74) is 4.66. The Bertz CT molecular complexity index is 826. The number of piperidine rings is 1. The molecule has 1 fully saturated rings. The summed E-state index contributed by atoms with van der Waals surface area (Å²) in [7, 11) is 0. The van der Waals surface area contributed by atoms with Gasteiger partial charge in [-0.05, 0) is 68.1 Å². The number of rotatable bonds is 6. The van der Waals surface area contributed by atoms with Crippen LogP contribution in [0.5, 0.6) is 5.75 Å². The predicted octanol–water partition coefficient (Wildman–Crippen LogP) is 3.23. The maximum atomic E-state index is 12.2. The topological polar surface area (TPSA) is 71.0 Å². The number of nitrogens with one attached hydrogen (secondary N) is 1. The van der Waals surface area contributed by atoms with Crippen LogP contribution in [0.3, 0.4) is 0 Å². The van der Waals surface area contributed by atoms with Gasteiger partial charge in [0.05, 0.1) is 5.71 Å². The Hall–Kier alpha value is -3.15. The first-order valence-electron chi connectivity index (χ1n) is 9.54. The molecule has 0 bridgehead atoms. The van der Waals surface area contributed by atoms with E-state index in [1.54, 1.807) is 36.4 Å². The van der Waals surface area contributed by atoms with Crippen molar-refractivity contribution in [3.8, 4) is 5.75 Å². The fourth-order valence-corrected chi connectivity index (χ4v) is 3.03. The van der Waals surface area contributed by atoms with E-state index < -0.39 is 0 Å². The molecule has 2 aromatic rings. The number of nitrogens with zero attached hydrogens (tertiary/aromatic N) is 2.